The zero-order valence-corrected chi connectivity index (χ0v) is 13.7. The monoisotopic (exact) mass is 304 g/mol. The number of nitrogens with one attached hydrogen (secondary N) is 1. The molecule has 2 bridgehead atoms. The lowest BCUT2D eigenvalue weighted by Gasteiger charge is -2.42. The Morgan fingerprint density at radius 1 is 1.23 bits per heavy atom. The Hall–Kier alpha value is -1.26. The van der Waals surface area contributed by atoms with Crippen molar-refractivity contribution < 1.29 is 9.47 Å². The van der Waals surface area contributed by atoms with Crippen LogP contribution in [0.25, 0.3) is 0 Å². The van der Waals surface area contributed by atoms with Crippen LogP contribution in [-0.2, 0) is 0 Å². The highest BCUT2D eigenvalue weighted by Crippen LogP contribution is 2.44. The molecule has 1 aromatic rings. The lowest BCUT2D eigenvalue weighted by Crippen LogP contribution is -2.39. The van der Waals surface area contributed by atoms with E-state index in [-0.39, 0.29) is 6.04 Å². The van der Waals surface area contributed by atoms with E-state index in [0.29, 0.717) is 18.6 Å². The minimum atomic E-state index is 0.149. The molecule has 3 fully saturated rings. The van der Waals surface area contributed by atoms with Crippen molar-refractivity contribution in [2.24, 2.45) is 17.6 Å². The molecule has 0 aromatic heterocycles. The van der Waals surface area contributed by atoms with Gasteiger partial charge in [-0.25, -0.2) is 0 Å². The van der Waals surface area contributed by atoms with Crippen molar-refractivity contribution in [1.82, 2.24) is 5.32 Å². The summed E-state index contributed by atoms with van der Waals surface area (Å²) in [6, 6.07) is 6.30. The van der Waals surface area contributed by atoms with Gasteiger partial charge in [-0.15, -0.1) is 0 Å². The van der Waals surface area contributed by atoms with Crippen molar-refractivity contribution in [3.8, 4) is 11.5 Å². The van der Waals surface area contributed by atoms with Crippen molar-refractivity contribution in [2.75, 3.05) is 20.7 Å². The van der Waals surface area contributed by atoms with Gasteiger partial charge in [-0.2, -0.15) is 0 Å². The molecule has 3 N–H and O–H groups in total. The molecule has 0 spiro atoms. The van der Waals surface area contributed by atoms with Crippen LogP contribution in [0, 0.1) is 11.8 Å². The maximum absolute atomic E-state index is 6.40. The number of ether oxygens (including phenoxy) is 2. The normalized spacial score (nSPS) is 28.4. The Kier molecular flexibility index (Phi) is 4.89. The van der Waals surface area contributed by atoms with Crippen LogP contribution in [-0.4, -0.2) is 26.8 Å². The second-order valence-corrected chi connectivity index (χ2v) is 6.66. The maximum Gasteiger partial charge on any atom is 0.161 e. The third-order valence-corrected chi connectivity index (χ3v) is 5.44. The summed E-state index contributed by atoms with van der Waals surface area (Å²) in [5, 5.41) is 3.24. The quantitative estimate of drug-likeness (QED) is 0.848. The molecule has 3 saturated carbocycles. The third-order valence-electron chi connectivity index (χ3n) is 5.44. The van der Waals surface area contributed by atoms with Gasteiger partial charge in [0.05, 0.1) is 7.11 Å². The molecule has 2 unspecified atom stereocenters. The van der Waals surface area contributed by atoms with E-state index in [1.165, 1.54) is 32.1 Å². The molecular weight excluding hydrogens is 276 g/mol. The topological polar surface area (TPSA) is 56.5 Å². The molecule has 122 valence electrons. The summed E-state index contributed by atoms with van der Waals surface area (Å²) in [4.78, 5) is 0. The number of nitrogens with two attached hydrogens (primary N) is 1. The van der Waals surface area contributed by atoms with E-state index >= 15 is 0 Å². The third kappa shape index (κ3) is 3.08. The Morgan fingerprint density at radius 2 is 2.00 bits per heavy atom. The Balaban J connectivity index is 1.80. The average Bonchev–Trinajstić information content (AvgIpc) is 2.57. The second kappa shape index (κ2) is 6.88. The van der Waals surface area contributed by atoms with Crippen LogP contribution in [0.15, 0.2) is 18.2 Å². The summed E-state index contributed by atoms with van der Waals surface area (Å²) in [5.41, 5.74) is 6.99. The van der Waals surface area contributed by atoms with E-state index in [0.717, 1.165) is 23.0 Å². The first-order valence-corrected chi connectivity index (χ1v) is 8.47. The molecule has 0 radical (unpaired) electrons. The van der Waals surface area contributed by atoms with Crippen LogP contribution in [0.4, 0.5) is 0 Å². The molecule has 4 heteroatoms. The molecule has 3 aliphatic rings. The molecule has 0 saturated heterocycles. The molecule has 4 rings (SSSR count). The zero-order chi connectivity index (χ0) is 15.5. The largest absolute Gasteiger partial charge is 0.493 e. The Bertz CT molecular complexity index is 494. The summed E-state index contributed by atoms with van der Waals surface area (Å²) in [5.74, 6) is 3.26. The molecular formula is C18H28N2O2. The summed E-state index contributed by atoms with van der Waals surface area (Å²) >= 11 is 0. The smallest absolute Gasteiger partial charge is 0.161 e. The minimum absolute atomic E-state index is 0.149. The highest BCUT2D eigenvalue weighted by molar-refractivity contribution is 5.44. The van der Waals surface area contributed by atoms with Crippen molar-refractivity contribution in [2.45, 2.75) is 44.2 Å². The summed E-state index contributed by atoms with van der Waals surface area (Å²) < 4.78 is 11.9. The van der Waals surface area contributed by atoms with Gasteiger partial charge < -0.3 is 20.5 Å². The number of hydrogen-bond donors (Lipinski definition) is 2. The van der Waals surface area contributed by atoms with E-state index in [9.17, 15) is 0 Å². The number of methoxy groups -OCH3 is 1. The fourth-order valence-electron chi connectivity index (χ4n) is 4.05. The molecule has 3 aliphatic carbocycles. The molecule has 2 atom stereocenters. The zero-order valence-electron chi connectivity index (χ0n) is 13.7. The highest BCUT2D eigenvalue weighted by atomic mass is 16.5. The first-order chi connectivity index (χ1) is 10.7. The highest BCUT2D eigenvalue weighted by Gasteiger charge is 2.37. The SMILES string of the molecule is CNC(CN)c1ccc(OC)c(OC2CC3CCC2CC3)c1. The van der Waals surface area contributed by atoms with Crippen molar-refractivity contribution in [3.63, 3.8) is 0 Å². The maximum atomic E-state index is 6.40. The number of hydrogen-bond acceptors (Lipinski definition) is 4. The minimum Gasteiger partial charge on any atom is -0.493 e. The van der Waals surface area contributed by atoms with Gasteiger partial charge in [0.15, 0.2) is 11.5 Å². The first kappa shape index (κ1) is 15.6. The van der Waals surface area contributed by atoms with Gasteiger partial charge in [-0.3, -0.25) is 0 Å². The van der Waals surface area contributed by atoms with Crippen LogP contribution in [0.3, 0.4) is 0 Å². The van der Waals surface area contributed by atoms with Crippen molar-refractivity contribution in [3.05, 3.63) is 23.8 Å². The average molecular weight is 304 g/mol. The molecule has 4 nitrogen and oxygen atoms in total. The fourth-order valence-corrected chi connectivity index (χ4v) is 4.05. The van der Waals surface area contributed by atoms with Crippen LogP contribution in [0.2, 0.25) is 0 Å². The molecule has 0 amide bonds. The predicted octanol–water partition coefficient (Wildman–Crippen LogP) is 2.87. The second-order valence-electron chi connectivity index (χ2n) is 6.66. The van der Waals surface area contributed by atoms with Gasteiger partial charge in [-0.05, 0) is 68.7 Å². The van der Waals surface area contributed by atoms with Gasteiger partial charge in [-0.1, -0.05) is 6.07 Å². The predicted molar refractivity (Wildman–Crippen MR) is 88.3 cm³/mol. The van der Waals surface area contributed by atoms with Gasteiger partial charge in [0.1, 0.15) is 6.10 Å². The molecule has 1 aromatic carbocycles. The van der Waals surface area contributed by atoms with Crippen LogP contribution >= 0.6 is 0 Å². The lowest BCUT2D eigenvalue weighted by molar-refractivity contribution is 0.0185. The van der Waals surface area contributed by atoms with E-state index in [1.54, 1.807) is 7.11 Å². The molecule has 0 heterocycles. The summed E-state index contributed by atoms with van der Waals surface area (Å²) in [7, 11) is 3.63. The fraction of sp³-hybridized carbons (Fsp3) is 0.667. The van der Waals surface area contributed by atoms with Crippen molar-refractivity contribution in [1.29, 1.82) is 0 Å². The summed E-state index contributed by atoms with van der Waals surface area (Å²) in [6.45, 7) is 0.566. The van der Waals surface area contributed by atoms with Crippen LogP contribution in [0.1, 0.15) is 43.7 Å². The van der Waals surface area contributed by atoms with Gasteiger partial charge >= 0.3 is 0 Å². The Morgan fingerprint density at radius 3 is 2.55 bits per heavy atom. The van der Waals surface area contributed by atoms with E-state index in [4.69, 9.17) is 15.2 Å². The van der Waals surface area contributed by atoms with Crippen LogP contribution < -0.4 is 20.5 Å². The number of fused-ring (bicyclic) bond motifs is 3. The van der Waals surface area contributed by atoms with E-state index < -0.39 is 0 Å². The van der Waals surface area contributed by atoms with Gasteiger partial charge in [0.25, 0.3) is 0 Å². The summed E-state index contributed by atoms with van der Waals surface area (Å²) in [6.07, 6.45) is 6.96. The molecule has 0 aliphatic heterocycles. The lowest BCUT2D eigenvalue weighted by atomic mass is 9.69. The van der Waals surface area contributed by atoms with Gasteiger partial charge in [0, 0.05) is 12.6 Å². The van der Waals surface area contributed by atoms with Crippen molar-refractivity contribution >= 4 is 0 Å². The van der Waals surface area contributed by atoms with Gasteiger partial charge in [0.2, 0.25) is 0 Å². The Labute approximate surface area is 133 Å². The standard InChI is InChI=1S/C18H28N2O2/c1-20-15(11-19)14-7-8-16(21-2)18(10-14)22-17-9-12-3-5-13(17)6-4-12/h7-8,10,12-13,15,17,20H,3-6,9,11,19H2,1-2H3. The van der Waals surface area contributed by atoms with E-state index in [1.807, 2.05) is 13.1 Å². The van der Waals surface area contributed by atoms with E-state index in [2.05, 4.69) is 17.4 Å². The van der Waals surface area contributed by atoms with Crippen LogP contribution in [0.5, 0.6) is 11.5 Å². The number of rotatable bonds is 6. The molecule has 22 heavy (non-hydrogen) atoms. The number of likely N-dealkylation sites (N-methyl/N-ethyl adjacent to an activating group) is 1. The number of benzene rings is 1. The first-order valence-electron chi connectivity index (χ1n) is 8.47.